The fourth-order valence-electron chi connectivity index (χ4n) is 1.03. The summed E-state index contributed by atoms with van der Waals surface area (Å²) in [5.41, 5.74) is 1.02. The van der Waals surface area contributed by atoms with E-state index in [1.54, 1.807) is 12.4 Å². The second kappa shape index (κ2) is 5.41. The Bertz CT molecular complexity index is 250. The Morgan fingerprint density at radius 3 is 2.92 bits per heavy atom. The van der Waals surface area contributed by atoms with Crippen LogP contribution in [0, 0.1) is 0 Å². The van der Waals surface area contributed by atoms with Crippen LogP contribution in [0.15, 0.2) is 18.5 Å². The first-order chi connectivity index (χ1) is 6.36. The molecule has 3 heteroatoms. The first-order valence-corrected chi connectivity index (χ1v) is 4.68. The molecular formula is C10H16N2O. The molecule has 0 bridgehead atoms. The van der Waals surface area contributed by atoms with E-state index in [9.17, 15) is 0 Å². The summed E-state index contributed by atoms with van der Waals surface area (Å²) in [6.07, 6.45) is 4.64. The largest absolute Gasteiger partial charge is 0.492 e. The van der Waals surface area contributed by atoms with Crippen LogP contribution >= 0.6 is 0 Å². The van der Waals surface area contributed by atoms with Gasteiger partial charge in [-0.2, -0.15) is 0 Å². The molecule has 1 aromatic rings. The number of aromatic nitrogens is 1. The highest BCUT2D eigenvalue weighted by molar-refractivity contribution is 5.44. The van der Waals surface area contributed by atoms with Gasteiger partial charge in [0.1, 0.15) is 5.75 Å². The smallest absolute Gasteiger partial charge is 0.139 e. The van der Waals surface area contributed by atoms with E-state index < -0.39 is 0 Å². The first kappa shape index (κ1) is 9.84. The molecule has 3 nitrogen and oxygen atoms in total. The molecule has 0 fully saturated rings. The molecule has 0 saturated carbocycles. The zero-order valence-electron chi connectivity index (χ0n) is 8.21. The van der Waals surface area contributed by atoms with Crippen LogP contribution in [0.2, 0.25) is 0 Å². The van der Waals surface area contributed by atoms with Crippen molar-refractivity contribution in [2.24, 2.45) is 0 Å². The molecular weight excluding hydrogens is 164 g/mol. The van der Waals surface area contributed by atoms with Crippen molar-refractivity contribution >= 4 is 5.69 Å². The molecule has 0 aliphatic carbocycles. The van der Waals surface area contributed by atoms with Crippen molar-refractivity contribution in [1.82, 2.24) is 4.98 Å². The highest BCUT2D eigenvalue weighted by Crippen LogP contribution is 2.14. The third-order valence-electron chi connectivity index (χ3n) is 1.60. The topological polar surface area (TPSA) is 34.2 Å². The number of hydrogen-bond acceptors (Lipinski definition) is 3. The minimum atomic E-state index is 0.679. The summed E-state index contributed by atoms with van der Waals surface area (Å²) < 4.78 is 5.32. The molecule has 0 saturated heterocycles. The highest BCUT2D eigenvalue weighted by atomic mass is 16.5. The maximum absolute atomic E-state index is 5.32. The Labute approximate surface area is 79.1 Å². The van der Waals surface area contributed by atoms with Gasteiger partial charge in [-0.1, -0.05) is 6.92 Å². The van der Waals surface area contributed by atoms with Crippen molar-refractivity contribution < 1.29 is 4.74 Å². The maximum atomic E-state index is 5.32. The van der Waals surface area contributed by atoms with Crippen LogP contribution in [0.5, 0.6) is 5.75 Å². The summed E-state index contributed by atoms with van der Waals surface area (Å²) >= 11 is 0. The number of ether oxygens (including phenoxy) is 1. The molecule has 13 heavy (non-hydrogen) atoms. The van der Waals surface area contributed by atoms with E-state index in [4.69, 9.17) is 4.74 Å². The van der Waals surface area contributed by atoms with Gasteiger partial charge in [0.25, 0.3) is 0 Å². The van der Waals surface area contributed by atoms with Gasteiger partial charge in [-0.3, -0.25) is 4.98 Å². The number of rotatable bonds is 5. The molecule has 1 heterocycles. The molecule has 0 unspecified atom stereocenters. The molecule has 0 aromatic carbocycles. The van der Waals surface area contributed by atoms with Crippen LogP contribution in [0.4, 0.5) is 5.69 Å². The van der Waals surface area contributed by atoms with E-state index in [1.165, 1.54) is 0 Å². The summed E-state index contributed by atoms with van der Waals surface area (Å²) in [6, 6.07) is 1.96. The predicted molar refractivity (Wildman–Crippen MR) is 54.2 cm³/mol. The number of hydrogen-bond donors (Lipinski definition) is 1. The van der Waals surface area contributed by atoms with Gasteiger partial charge in [0.2, 0.25) is 0 Å². The van der Waals surface area contributed by atoms with Crippen molar-refractivity contribution in [1.29, 1.82) is 0 Å². The van der Waals surface area contributed by atoms with Gasteiger partial charge >= 0.3 is 0 Å². The highest BCUT2D eigenvalue weighted by Gasteiger charge is 1.95. The number of nitrogens with one attached hydrogen (secondary N) is 1. The quantitative estimate of drug-likeness (QED) is 0.755. The molecule has 0 spiro atoms. The Kier molecular flexibility index (Phi) is 4.09. The summed E-state index contributed by atoms with van der Waals surface area (Å²) in [7, 11) is 0. The summed E-state index contributed by atoms with van der Waals surface area (Å²) in [6.45, 7) is 5.75. The lowest BCUT2D eigenvalue weighted by Gasteiger charge is -2.06. The monoisotopic (exact) mass is 180 g/mol. The SMILES string of the molecule is CCCNc1cncc(OCC)c1. The zero-order chi connectivity index (χ0) is 9.52. The Hall–Kier alpha value is -1.25. The molecule has 0 aliphatic rings. The zero-order valence-corrected chi connectivity index (χ0v) is 8.21. The third kappa shape index (κ3) is 3.32. The minimum Gasteiger partial charge on any atom is -0.492 e. The maximum Gasteiger partial charge on any atom is 0.139 e. The van der Waals surface area contributed by atoms with Crippen LogP contribution in [0.25, 0.3) is 0 Å². The van der Waals surface area contributed by atoms with Crippen LogP contribution in [0.3, 0.4) is 0 Å². The Morgan fingerprint density at radius 1 is 1.38 bits per heavy atom. The number of pyridine rings is 1. The second-order valence-electron chi connectivity index (χ2n) is 2.77. The van der Waals surface area contributed by atoms with Crippen molar-refractivity contribution in [3.05, 3.63) is 18.5 Å². The van der Waals surface area contributed by atoms with E-state index in [2.05, 4.69) is 17.2 Å². The average Bonchev–Trinajstić information content (AvgIpc) is 2.16. The van der Waals surface area contributed by atoms with Gasteiger partial charge in [0, 0.05) is 12.6 Å². The number of nitrogens with zero attached hydrogens (tertiary/aromatic N) is 1. The Morgan fingerprint density at radius 2 is 2.23 bits per heavy atom. The lowest BCUT2D eigenvalue weighted by Crippen LogP contribution is -2.00. The van der Waals surface area contributed by atoms with E-state index in [0.29, 0.717) is 6.61 Å². The molecule has 0 aliphatic heterocycles. The normalized spacial score (nSPS) is 9.69. The molecule has 0 atom stereocenters. The first-order valence-electron chi connectivity index (χ1n) is 4.68. The standard InChI is InChI=1S/C10H16N2O/c1-3-5-12-9-6-10(13-4-2)8-11-7-9/h6-8,12H,3-5H2,1-2H3. The van der Waals surface area contributed by atoms with E-state index in [-0.39, 0.29) is 0 Å². The molecule has 1 N–H and O–H groups in total. The lowest BCUT2D eigenvalue weighted by molar-refractivity contribution is 0.339. The average molecular weight is 180 g/mol. The van der Waals surface area contributed by atoms with Gasteiger partial charge in [-0.05, 0) is 13.3 Å². The van der Waals surface area contributed by atoms with Crippen molar-refractivity contribution in [3.63, 3.8) is 0 Å². The fraction of sp³-hybridized carbons (Fsp3) is 0.500. The molecule has 1 aromatic heterocycles. The third-order valence-corrected chi connectivity index (χ3v) is 1.60. The van der Waals surface area contributed by atoms with Gasteiger partial charge in [0.15, 0.2) is 0 Å². The van der Waals surface area contributed by atoms with Gasteiger partial charge in [0.05, 0.1) is 24.7 Å². The minimum absolute atomic E-state index is 0.679. The summed E-state index contributed by atoms with van der Waals surface area (Å²) in [4.78, 5) is 4.07. The van der Waals surface area contributed by atoms with Crippen molar-refractivity contribution in [3.8, 4) is 5.75 Å². The fourth-order valence-corrected chi connectivity index (χ4v) is 1.03. The van der Waals surface area contributed by atoms with E-state index in [0.717, 1.165) is 24.4 Å². The second-order valence-corrected chi connectivity index (χ2v) is 2.77. The molecule has 72 valence electrons. The summed E-state index contributed by atoms with van der Waals surface area (Å²) in [5, 5.41) is 3.25. The molecule has 0 amide bonds. The Balaban J connectivity index is 2.56. The van der Waals surface area contributed by atoms with Crippen LogP contribution in [0.1, 0.15) is 20.3 Å². The van der Waals surface area contributed by atoms with Crippen LogP contribution < -0.4 is 10.1 Å². The van der Waals surface area contributed by atoms with E-state index >= 15 is 0 Å². The lowest BCUT2D eigenvalue weighted by atomic mass is 10.4. The van der Waals surface area contributed by atoms with Gasteiger partial charge in [-0.15, -0.1) is 0 Å². The van der Waals surface area contributed by atoms with Crippen LogP contribution in [-0.4, -0.2) is 18.1 Å². The van der Waals surface area contributed by atoms with Gasteiger partial charge in [-0.25, -0.2) is 0 Å². The predicted octanol–water partition coefficient (Wildman–Crippen LogP) is 2.30. The van der Waals surface area contributed by atoms with Crippen molar-refractivity contribution in [2.45, 2.75) is 20.3 Å². The van der Waals surface area contributed by atoms with Crippen molar-refractivity contribution in [2.75, 3.05) is 18.5 Å². The molecule has 1 rings (SSSR count). The number of anilines is 1. The van der Waals surface area contributed by atoms with Gasteiger partial charge < -0.3 is 10.1 Å². The summed E-state index contributed by atoms with van der Waals surface area (Å²) in [5.74, 6) is 0.823. The van der Waals surface area contributed by atoms with E-state index in [1.807, 2.05) is 13.0 Å². The molecule has 0 radical (unpaired) electrons. The van der Waals surface area contributed by atoms with Crippen LogP contribution in [-0.2, 0) is 0 Å².